The third kappa shape index (κ3) is 4.08. The van der Waals surface area contributed by atoms with Crippen LogP contribution in [-0.2, 0) is 4.84 Å². The Morgan fingerprint density at radius 2 is 1.88 bits per heavy atom. The Morgan fingerprint density at radius 3 is 2.54 bits per heavy atom. The van der Waals surface area contributed by atoms with Crippen LogP contribution in [-0.4, -0.2) is 12.5 Å². The van der Waals surface area contributed by atoms with Crippen molar-refractivity contribution in [2.75, 3.05) is 11.9 Å². The number of carbonyl (C=O) groups is 1. The van der Waals surface area contributed by atoms with Gasteiger partial charge in [-0.2, -0.15) is 0 Å². The second-order valence-electron chi connectivity index (χ2n) is 5.48. The van der Waals surface area contributed by atoms with Gasteiger partial charge in [0.1, 0.15) is 11.6 Å². The minimum Gasteiger partial charge on any atom is -0.352 e. The number of anilines is 2. The first kappa shape index (κ1) is 17.9. The first-order valence-corrected chi connectivity index (χ1v) is 7.68. The minimum absolute atomic E-state index is 0.165. The number of rotatable bonds is 6. The molecule has 6 heteroatoms. The van der Waals surface area contributed by atoms with Crippen LogP contribution in [0.25, 0.3) is 0 Å². The summed E-state index contributed by atoms with van der Waals surface area (Å²) in [6, 6.07) is 7.16. The normalized spacial score (nSPS) is 10.5. The summed E-state index contributed by atoms with van der Waals surface area (Å²) < 4.78 is 28.0. The summed E-state index contributed by atoms with van der Waals surface area (Å²) in [4.78, 5) is 17.3. The van der Waals surface area contributed by atoms with Crippen molar-refractivity contribution in [3.8, 4) is 0 Å². The molecule has 0 heterocycles. The number of hydroxylamine groups is 1. The Labute approximate surface area is 139 Å². The lowest BCUT2D eigenvalue weighted by molar-refractivity contribution is 0.0315. The fourth-order valence-corrected chi connectivity index (χ4v) is 2.17. The van der Waals surface area contributed by atoms with Crippen molar-refractivity contribution >= 4 is 17.3 Å². The smallest absolute Gasteiger partial charge is 0.276 e. The van der Waals surface area contributed by atoms with E-state index in [2.05, 4.69) is 10.8 Å². The van der Waals surface area contributed by atoms with Crippen molar-refractivity contribution in [2.24, 2.45) is 0 Å². The standard InChI is InChI=1S/C18H20F2N2O2/c1-4-9-24-22-18(23)13-6-7-14(19)12(3)17(13)21-16-8-5-11(2)10-15(16)20/h5-8,10,21H,4,9H2,1-3H3,(H,22,23). The maximum absolute atomic E-state index is 14.1. The quantitative estimate of drug-likeness (QED) is 0.608. The Kier molecular flexibility index (Phi) is 5.87. The lowest BCUT2D eigenvalue weighted by Gasteiger charge is -2.16. The Balaban J connectivity index is 2.36. The van der Waals surface area contributed by atoms with Crippen LogP contribution < -0.4 is 10.8 Å². The number of carbonyl (C=O) groups excluding carboxylic acids is 1. The average molecular weight is 334 g/mol. The van der Waals surface area contributed by atoms with Gasteiger partial charge in [0.05, 0.1) is 23.5 Å². The molecule has 0 bridgehead atoms. The molecule has 0 aliphatic carbocycles. The molecule has 0 aliphatic rings. The molecule has 0 saturated carbocycles. The van der Waals surface area contributed by atoms with Gasteiger partial charge in [0.25, 0.3) is 5.91 Å². The van der Waals surface area contributed by atoms with Crippen LogP contribution in [0.3, 0.4) is 0 Å². The highest BCUT2D eigenvalue weighted by Crippen LogP contribution is 2.28. The molecule has 2 aromatic carbocycles. The number of amides is 1. The van der Waals surface area contributed by atoms with Gasteiger partial charge in [-0.05, 0) is 50.1 Å². The van der Waals surface area contributed by atoms with E-state index in [-0.39, 0.29) is 22.5 Å². The van der Waals surface area contributed by atoms with Crippen LogP contribution in [0.2, 0.25) is 0 Å². The number of halogens is 2. The molecular formula is C18H20F2N2O2. The van der Waals surface area contributed by atoms with Gasteiger partial charge in [-0.1, -0.05) is 13.0 Å². The highest BCUT2D eigenvalue weighted by Gasteiger charge is 2.17. The van der Waals surface area contributed by atoms with Gasteiger partial charge in [-0.25, -0.2) is 14.3 Å². The van der Waals surface area contributed by atoms with Crippen molar-refractivity contribution in [1.82, 2.24) is 5.48 Å². The number of nitrogens with one attached hydrogen (secondary N) is 2. The predicted octanol–water partition coefficient (Wildman–Crippen LogP) is 4.40. The summed E-state index contributed by atoms with van der Waals surface area (Å²) in [5, 5.41) is 2.82. The Bertz CT molecular complexity index is 748. The van der Waals surface area contributed by atoms with Gasteiger partial charge in [0, 0.05) is 5.56 Å². The molecule has 0 fully saturated rings. The second kappa shape index (κ2) is 7.88. The van der Waals surface area contributed by atoms with Gasteiger partial charge in [0.15, 0.2) is 0 Å². The number of hydrogen-bond acceptors (Lipinski definition) is 3. The summed E-state index contributed by atoms with van der Waals surface area (Å²) >= 11 is 0. The van der Waals surface area contributed by atoms with E-state index in [0.717, 1.165) is 12.0 Å². The highest BCUT2D eigenvalue weighted by molar-refractivity contribution is 6.00. The summed E-state index contributed by atoms with van der Waals surface area (Å²) in [6.45, 7) is 5.56. The monoisotopic (exact) mass is 334 g/mol. The molecule has 0 aromatic heterocycles. The third-order valence-electron chi connectivity index (χ3n) is 3.50. The second-order valence-corrected chi connectivity index (χ2v) is 5.48. The van der Waals surface area contributed by atoms with E-state index in [1.54, 1.807) is 19.1 Å². The number of aryl methyl sites for hydroxylation is 1. The van der Waals surface area contributed by atoms with E-state index >= 15 is 0 Å². The van der Waals surface area contributed by atoms with Gasteiger partial charge >= 0.3 is 0 Å². The SMILES string of the molecule is CCCONC(=O)c1ccc(F)c(C)c1Nc1ccc(C)cc1F. The van der Waals surface area contributed by atoms with Crippen molar-refractivity contribution in [3.63, 3.8) is 0 Å². The topological polar surface area (TPSA) is 50.4 Å². The molecule has 24 heavy (non-hydrogen) atoms. The molecule has 0 saturated heterocycles. The average Bonchev–Trinajstić information content (AvgIpc) is 2.54. The van der Waals surface area contributed by atoms with E-state index in [1.807, 2.05) is 6.92 Å². The maximum atomic E-state index is 14.1. The van der Waals surface area contributed by atoms with Crippen molar-refractivity contribution in [3.05, 3.63) is 58.7 Å². The van der Waals surface area contributed by atoms with Crippen molar-refractivity contribution in [1.29, 1.82) is 0 Å². The molecule has 0 radical (unpaired) electrons. The third-order valence-corrected chi connectivity index (χ3v) is 3.50. The Morgan fingerprint density at radius 1 is 1.12 bits per heavy atom. The van der Waals surface area contributed by atoms with E-state index in [1.165, 1.54) is 25.1 Å². The molecule has 128 valence electrons. The van der Waals surface area contributed by atoms with E-state index in [0.29, 0.717) is 6.61 Å². The first-order valence-electron chi connectivity index (χ1n) is 7.68. The number of hydrogen-bond donors (Lipinski definition) is 2. The fraction of sp³-hybridized carbons (Fsp3) is 0.278. The molecule has 0 spiro atoms. The van der Waals surface area contributed by atoms with Gasteiger partial charge in [0.2, 0.25) is 0 Å². The van der Waals surface area contributed by atoms with E-state index in [9.17, 15) is 13.6 Å². The molecule has 2 N–H and O–H groups in total. The zero-order chi connectivity index (χ0) is 17.7. The van der Waals surface area contributed by atoms with Crippen LogP contribution in [0.5, 0.6) is 0 Å². The van der Waals surface area contributed by atoms with Crippen LogP contribution in [0, 0.1) is 25.5 Å². The summed E-state index contributed by atoms with van der Waals surface area (Å²) in [5.74, 6) is -1.50. The van der Waals surface area contributed by atoms with Gasteiger partial charge in [-0.3, -0.25) is 9.63 Å². The largest absolute Gasteiger partial charge is 0.352 e. The molecule has 0 atom stereocenters. The van der Waals surface area contributed by atoms with Gasteiger partial charge in [-0.15, -0.1) is 0 Å². The maximum Gasteiger partial charge on any atom is 0.276 e. The van der Waals surface area contributed by atoms with E-state index in [4.69, 9.17) is 4.84 Å². The summed E-state index contributed by atoms with van der Waals surface area (Å²) in [5.41, 5.74) is 3.83. The molecular weight excluding hydrogens is 314 g/mol. The van der Waals surface area contributed by atoms with Crippen LogP contribution in [0.4, 0.5) is 20.2 Å². The molecule has 2 rings (SSSR count). The molecule has 0 unspecified atom stereocenters. The summed E-state index contributed by atoms with van der Waals surface area (Å²) in [6.07, 6.45) is 0.739. The number of benzene rings is 2. The molecule has 4 nitrogen and oxygen atoms in total. The molecule has 0 aliphatic heterocycles. The minimum atomic E-state index is -0.526. The predicted molar refractivity (Wildman–Crippen MR) is 89.3 cm³/mol. The lowest BCUT2D eigenvalue weighted by Crippen LogP contribution is -2.25. The zero-order valence-electron chi connectivity index (χ0n) is 13.9. The van der Waals surface area contributed by atoms with Crippen molar-refractivity contribution in [2.45, 2.75) is 27.2 Å². The van der Waals surface area contributed by atoms with Crippen molar-refractivity contribution < 1.29 is 18.4 Å². The summed E-state index contributed by atoms with van der Waals surface area (Å²) in [7, 11) is 0. The molecule has 1 amide bonds. The lowest BCUT2D eigenvalue weighted by atomic mass is 10.1. The molecule has 2 aromatic rings. The van der Waals surface area contributed by atoms with Crippen LogP contribution >= 0.6 is 0 Å². The van der Waals surface area contributed by atoms with Gasteiger partial charge < -0.3 is 5.32 Å². The first-order chi connectivity index (χ1) is 11.4. The zero-order valence-corrected chi connectivity index (χ0v) is 13.9. The van der Waals surface area contributed by atoms with E-state index < -0.39 is 17.5 Å². The highest BCUT2D eigenvalue weighted by atomic mass is 19.1. The van der Waals surface area contributed by atoms with Crippen LogP contribution in [0.1, 0.15) is 34.8 Å². The van der Waals surface area contributed by atoms with Crippen LogP contribution in [0.15, 0.2) is 30.3 Å². The Hall–Kier alpha value is -2.47. The fourth-order valence-electron chi connectivity index (χ4n) is 2.17.